The van der Waals surface area contributed by atoms with E-state index in [1.54, 1.807) is 0 Å². The van der Waals surface area contributed by atoms with Crippen LogP contribution in [-0.4, -0.2) is 4.57 Å². The van der Waals surface area contributed by atoms with Gasteiger partial charge in [0.15, 0.2) is 5.58 Å². The molecule has 16 heavy (non-hydrogen) atoms. The summed E-state index contributed by atoms with van der Waals surface area (Å²) >= 11 is 0. The van der Waals surface area contributed by atoms with Gasteiger partial charge in [-0.25, -0.2) is 4.79 Å². The van der Waals surface area contributed by atoms with Crippen molar-refractivity contribution in [1.82, 2.24) is 4.57 Å². The highest BCUT2D eigenvalue weighted by atomic mass is 19.4. The molecule has 0 radical (unpaired) electrons. The van der Waals surface area contributed by atoms with Crippen molar-refractivity contribution in [3.63, 3.8) is 0 Å². The van der Waals surface area contributed by atoms with Crippen LogP contribution in [0.2, 0.25) is 0 Å². The Morgan fingerprint density at radius 3 is 2.56 bits per heavy atom. The fraction of sp³-hybridized carbons (Fsp3) is 0.222. The van der Waals surface area contributed by atoms with Crippen LogP contribution in [0.15, 0.2) is 21.3 Å². The van der Waals surface area contributed by atoms with Gasteiger partial charge < -0.3 is 10.2 Å². The third-order valence-electron chi connectivity index (χ3n) is 2.24. The third-order valence-corrected chi connectivity index (χ3v) is 2.24. The second-order valence-electron chi connectivity index (χ2n) is 3.34. The number of hydrogen-bond acceptors (Lipinski definition) is 3. The lowest BCUT2D eigenvalue weighted by molar-refractivity contribution is -0.137. The maximum Gasteiger partial charge on any atom is 0.419 e. The van der Waals surface area contributed by atoms with Gasteiger partial charge in [-0.2, -0.15) is 13.2 Å². The van der Waals surface area contributed by atoms with Crippen LogP contribution in [0.25, 0.3) is 11.1 Å². The summed E-state index contributed by atoms with van der Waals surface area (Å²) in [6, 6.07) is 1.53. The average molecular weight is 232 g/mol. The summed E-state index contributed by atoms with van der Waals surface area (Å²) < 4.78 is 43.0. The van der Waals surface area contributed by atoms with Crippen LogP contribution in [0.3, 0.4) is 0 Å². The number of alkyl halides is 3. The minimum atomic E-state index is -4.52. The largest absolute Gasteiger partial charge is 0.419 e. The van der Waals surface area contributed by atoms with Crippen molar-refractivity contribution in [3.05, 3.63) is 28.2 Å². The molecule has 0 fully saturated rings. The molecule has 2 rings (SSSR count). The van der Waals surface area contributed by atoms with Crippen LogP contribution in [0.1, 0.15) is 5.56 Å². The summed E-state index contributed by atoms with van der Waals surface area (Å²) in [7, 11) is 1.37. The zero-order valence-electron chi connectivity index (χ0n) is 8.13. The second kappa shape index (κ2) is 3.03. The smallest absolute Gasteiger partial charge is 0.408 e. The maximum absolute atomic E-state index is 12.4. The first kappa shape index (κ1) is 10.6. The van der Waals surface area contributed by atoms with Crippen molar-refractivity contribution >= 4 is 16.8 Å². The van der Waals surface area contributed by atoms with Gasteiger partial charge in [0.25, 0.3) is 0 Å². The lowest BCUT2D eigenvalue weighted by atomic mass is 10.1. The maximum atomic E-state index is 12.4. The first-order chi connectivity index (χ1) is 7.30. The molecule has 0 saturated carbocycles. The monoisotopic (exact) mass is 232 g/mol. The summed E-state index contributed by atoms with van der Waals surface area (Å²) in [5.74, 6) is -0.749. The summed E-state index contributed by atoms with van der Waals surface area (Å²) in [6.07, 6.45) is -4.52. The number of benzene rings is 1. The quantitative estimate of drug-likeness (QED) is 0.703. The van der Waals surface area contributed by atoms with E-state index in [1.165, 1.54) is 7.05 Å². The molecule has 0 amide bonds. The Kier molecular flexibility index (Phi) is 2.01. The predicted molar refractivity (Wildman–Crippen MR) is 50.9 cm³/mol. The number of aryl methyl sites for hydroxylation is 1. The number of oxazole rings is 1. The average Bonchev–Trinajstić information content (AvgIpc) is 2.41. The molecule has 4 nitrogen and oxygen atoms in total. The Labute approximate surface area is 87.1 Å². The fourth-order valence-electron chi connectivity index (χ4n) is 1.48. The van der Waals surface area contributed by atoms with Gasteiger partial charge in [0.2, 0.25) is 0 Å². The van der Waals surface area contributed by atoms with E-state index in [-0.39, 0.29) is 16.8 Å². The van der Waals surface area contributed by atoms with E-state index >= 15 is 0 Å². The highest BCUT2D eigenvalue weighted by molar-refractivity contribution is 5.86. The molecule has 0 saturated heterocycles. The third kappa shape index (κ3) is 1.44. The molecule has 0 aliphatic heterocycles. The zero-order chi connectivity index (χ0) is 12.1. The van der Waals surface area contributed by atoms with E-state index < -0.39 is 17.5 Å². The highest BCUT2D eigenvalue weighted by Gasteiger charge is 2.32. The standard InChI is InChI=1S/C9H7F3N2O2/c1-14-7-5(13)2-4(9(10,11)12)3-6(7)16-8(14)15/h2-3H,13H2,1H3. The molecule has 2 N–H and O–H groups in total. The van der Waals surface area contributed by atoms with Gasteiger partial charge in [0, 0.05) is 7.05 Å². The Bertz CT molecular complexity index is 609. The van der Waals surface area contributed by atoms with Gasteiger partial charge in [0.1, 0.15) is 5.52 Å². The number of nitrogens with zero attached hydrogens (tertiary/aromatic N) is 1. The number of rotatable bonds is 0. The topological polar surface area (TPSA) is 61.2 Å². The molecular formula is C9H7F3N2O2. The molecule has 0 aliphatic rings. The molecule has 0 aliphatic carbocycles. The zero-order valence-corrected chi connectivity index (χ0v) is 8.13. The van der Waals surface area contributed by atoms with Gasteiger partial charge >= 0.3 is 11.9 Å². The van der Waals surface area contributed by atoms with Crippen molar-refractivity contribution < 1.29 is 17.6 Å². The lowest BCUT2D eigenvalue weighted by Gasteiger charge is -2.07. The Morgan fingerprint density at radius 1 is 1.38 bits per heavy atom. The summed E-state index contributed by atoms with van der Waals surface area (Å²) in [5.41, 5.74) is 4.37. The van der Waals surface area contributed by atoms with Crippen LogP contribution in [-0.2, 0) is 13.2 Å². The Morgan fingerprint density at radius 2 is 2.00 bits per heavy atom. The van der Waals surface area contributed by atoms with Gasteiger partial charge in [-0.15, -0.1) is 0 Å². The van der Waals surface area contributed by atoms with E-state index in [4.69, 9.17) is 5.73 Å². The molecule has 86 valence electrons. The van der Waals surface area contributed by atoms with Crippen molar-refractivity contribution in [1.29, 1.82) is 0 Å². The van der Waals surface area contributed by atoms with Crippen LogP contribution < -0.4 is 11.5 Å². The van der Waals surface area contributed by atoms with Gasteiger partial charge in [-0.3, -0.25) is 4.57 Å². The van der Waals surface area contributed by atoms with E-state index in [1.807, 2.05) is 0 Å². The highest BCUT2D eigenvalue weighted by Crippen LogP contribution is 2.33. The number of halogens is 3. The number of nitrogen functional groups attached to an aromatic ring is 1. The molecule has 0 bridgehead atoms. The fourth-order valence-corrected chi connectivity index (χ4v) is 1.48. The number of nitrogens with two attached hydrogens (primary N) is 1. The number of anilines is 1. The molecule has 1 heterocycles. The molecule has 1 aromatic heterocycles. The minimum absolute atomic E-state index is 0.141. The Hall–Kier alpha value is -1.92. The van der Waals surface area contributed by atoms with Gasteiger partial charge in [-0.05, 0) is 12.1 Å². The number of aromatic nitrogens is 1. The first-order valence-electron chi connectivity index (χ1n) is 4.27. The van der Waals surface area contributed by atoms with Crippen molar-refractivity contribution in [2.45, 2.75) is 6.18 Å². The first-order valence-corrected chi connectivity index (χ1v) is 4.27. The van der Waals surface area contributed by atoms with Gasteiger partial charge in [-0.1, -0.05) is 0 Å². The lowest BCUT2D eigenvalue weighted by Crippen LogP contribution is -2.10. The van der Waals surface area contributed by atoms with E-state index in [0.717, 1.165) is 16.7 Å². The molecule has 0 atom stereocenters. The normalized spacial score (nSPS) is 12.2. The molecule has 1 aromatic carbocycles. The van der Waals surface area contributed by atoms with Crippen molar-refractivity contribution in [2.24, 2.45) is 7.05 Å². The van der Waals surface area contributed by atoms with Gasteiger partial charge in [0.05, 0.1) is 11.3 Å². The van der Waals surface area contributed by atoms with Crippen LogP contribution in [0, 0.1) is 0 Å². The predicted octanol–water partition coefficient (Wildman–Crippen LogP) is 1.73. The van der Waals surface area contributed by atoms with Crippen LogP contribution in [0.4, 0.5) is 18.9 Å². The minimum Gasteiger partial charge on any atom is -0.408 e. The van der Waals surface area contributed by atoms with E-state index in [2.05, 4.69) is 4.42 Å². The second-order valence-corrected chi connectivity index (χ2v) is 3.34. The molecular weight excluding hydrogens is 225 g/mol. The summed E-state index contributed by atoms with van der Waals surface area (Å²) in [5, 5.41) is 0. The van der Waals surface area contributed by atoms with Crippen molar-refractivity contribution in [2.75, 3.05) is 5.73 Å². The molecule has 0 spiro atoms. The van der Waals surface area contributed by atoms with Crippen molar-refractivity contribution in [3.8, 4) is 0 Å². The SMILES string of the molecule is Cn1c(=O)oc2cc(C(F)(F)F)cc(N)c21. The molecule has 0 unspecified atom stereocenters. The number of fused-ring (bicyclic) bond motifs is 1. The molecule has 2 aromatic rings. The summed E-state index contributed by atoms with van der Waals surface area (Å²) in [4.78, 5) is 11.1. The van der Waals surface area contributed by atoms with Crippen LogP contribution in [0.5, 0.6) is 0 Å². The van der Waals surface area contributed by atoms with E-state index in [0.29, 0.717) is 0 Å². The molecule has 7 heteroatoms. The Balaban J connectivity index is 2.84. The van der Waals surface area contributed by atoms with E-state index in [9.17, 15) is 18.0 Å². The number of hydrogen-bond donors (Lipinski definition) is 1. The summed E-state index contributed by atoms with van der Waals surface area (Å²) in [6.45, 7) is 0. The van der Waals surface area contributed by atoms with Crippen LogP contribution >= 0.6 is 0 Å².